The van der Waals surface area contributed by atoms with Gasteiger partial charge in [0, 0.05) is 12.7 Å². The topological polar surface area (TPSA) is 94.0 Å². The van der Waals surface area contributed by atoms with Crippen LogP contribution in [0.2, 0.25) is 0 Å². The van der Waals surface area contributed by atoms with Crippen LogP contribution in [-0.4, -0.2) is 34.8 Å². The Balaban J connectivity index is 1.60. The van der Waals surface area contributed by atoms with E-state index >= 15 is 0 Å². The minimum absolute atomic E-state index is 0.141. The molecular weight excluding hydrogens is 432 g/mol. The van der Waals surface area contributed by atoms with Gasteiger partial charge in [-0.1, -0.05) is 55.4 Å². The minimum atomic E-state index is -3.53. The number of hydrogen-bond donors (Lipinski definition) is 1. The average molecular weight is 459 g/mol. The van der Waals surface area contributed by atoms with Crippen molar-refractivity contribution in [1.29, 1.82) is 0 Å². The highest BCUT2D eigenvalue weighted by Crippen LogP contribution is 2.21. The molecule has 0 bridgehead atoms. The van der Waals surface area contributed by atoms with Gasteiger partial charge in [0.05, 0.1) is 10.6 Å². The summed E-state index contributed by atoms with van der Waals surface area (Å²) in [5.74, 6) is 0.476. The van der Waals surface area contributed by atoms with Gasteiger partial charge >= 0.3 is 0 Å². The van der Waals surface area contributed by atoms with Gasteiger partial charge in [-0.3, -0.25) is 4.79 Å². The molecule has 0 unspecified atom stereocenters. The van der Waals surface area contributed by atoms with Crippen LogP contribution in [0.1, 0.15) is 36.7 Å². The molecule has 0 atom stereocenters. The molecule has 1 amide bonds. The number of benzene rings is 2. The molecule has 3 rings (SSSR count). The first kappa shape index (κ1) is 23.0. The lowest BCUT2D eigenvalue weighted by Gasteiger charge is -2.08. The number of aryl methyl sites for hydroxylation is 1. The third kappa shape index (κ3) is 5.95. The number of carbonyl (C=O) groups excluding carboxylic acids is 1. The van der Waals surface area contributed by atoms with Crippen molar-refractivity contribution in [3.8, 4) is 0 Å². The number of rotatable bonds is 8. The molecule has 164 valence electrons. The van der Waals surface area contributed by atoms with Crippen LogP contribution in [0.4, 0.5) is 5.69 Å². The number of hydrogen-bond acceptors (Lipinski definition) is 6. The Morgan fingerprint density at radius 1 is 1.06 bits per heavy atom. The smallest absolute Gasteiger partial charge is 0.234 e. The molecule has 31 heavy (non-hydrogen) atoms. The van der Waals surface area contributed by atoms with Crippen LogP contribution in [0.3, 0.4) is 0 Å². The van der Waals surface area contributed by atoms with E-state index in [9.17, 15) is 13.2 Å². The van der Waals surface area contributed by atoms with Gasteiger partial charge in [0.1, 0.15) is 11.6 Å². The number of amides is 1. The molecule has 0 spiro atoms. The van der Waals surface area contributed by atoms with Gasteiger partial charge in [-0.15, -0.1) is 10.2 Å². The minimum Gasteiger partial charge on any atom is -0.325 e. The second-order valence-corrected chi connectivity index (χ2v) is 10.6. The van der Waals surface area contributed by atoms with Crippen molar-refractivity contribution >= 4 is 33.2 Å². The summed E-state index contributed by atoms with van der Waals surface area (Å²) in [4.78, 5) is 12.5. The Labute approximate surface area is 187 Å². The summed E-state index contributed by atoms with van der Waals surface area (Å²) < 4.78 is 26.9. The fourth-order valence-electron chi connectivity index (χ4n) is 2.87. The molecule has 0 aliphatic rings. The Morgan fingerprint density at radius 2 is 1.71 bits per heavy atom. The van der Waals surface area contributed by atoms with Crippen molar-refractivity contribution in [3.63, 3.8) is 0 Å². The molecular formula is C22H26N4O3S2. The van der Waals surface area contributed by atoms with Crippen LogP contribution >= 0.6 is 11.8 Å². The summed E-state index contributed by atoms with van der Waals surface area (Å²) in [5, 5.41) is 11.4. The van der Waals surface area contributed by atoms with Crippen molar-refractivity contribution in [2.45, 2.75) is 42.5 Å². The van der Waals surface area contributed by atoms with Crippen molar-refractivity contribution in [1.82, 2.24) is 14.8 Å². The molecule has 0 aliphatic carbocycles. The van der Waals surface area contributed by atoms with Crippen LogP contribution in [0, 0.1) is 6.92 Å². The maximum absolute atomic E-state index is 12.7. The highest BCUT2D eigenvalue weighted by atomic mass is 32.2. The molecule has 3 aromatic rings. The molecule has 1 heterocycles. The van der Waals surface area contributed by atoms with Gasteiger partial charge in [0.2, 0.25) is 5.91 Å². The second kappa shape index (κ2) is 9.65. The van der Waals surface area contributed by atoms with E-state index in [-0.39, 0.29) is 22.3 Å². The van der Waals surface area contributed by atoms with E-state index in [0.29, 0.717) is 16.9 Å². The summed E-state index contributed by atoms with van der Waals surface area (Å²) in [6.45, 7) is 6.14. The summed E-state index contributed by atoms with van der Waals surface area (Å²) in [7, 11) is -1.83. The molecule has 0 saturated carbocycles. The Morgan fingerprint density at radius 3 is 2.32 bits per heavy atom. The van der Waals surface area contributed by atoms with Gasteiger partial charge in [-0.2, -0.15) is 0 Å². The second-order valence-electron chi connectivity index (χ2n) is 7.64. The number of sulfone groups is 1. The maximum atomic E-state index is 12.7. The summed E-state index contributed by atoms with van der Waals surface area (Å²) in [6.07, 6.45) is 0. The molecule has 0 aliphatic heterocycles. The number of thioether (sulfide) groups is 1. The molecule has 1 aromatic heterocycles. The molecule has 0 saturated heterocycles. The number of aromatic nitrogens is 3. The lowest BCUT2D eigenvalue weighted by atomic mass is 10.0. The predicted molar refractivity (Wildman–Crippen MR) is 123 cm³/mol. The van der Waals surface area contributed by atoms with E-state index in [4.69, 9.17) is 0 Å². The maximum Gasteiger partial charge on any atom is 0.234 e. The molecule has 1 N–H and O–H groups in total. The van der Waals surface area contributed by atoms with E-state index in [1.54, 1.807) is 35.9 Å². The molecule has 9 heteroatoms. The number of nitrogens with zero attached hydrogens (tertiary/aromatic N) is 3. The van der Waals surface area contributed by atoms with E-state index in [1.807, 2.05) is 31.2 Å². The van der Waals surface area contributed by atoms with E-state index < -0.39 is 9.84 Å². The van der Waals surface area contributed by atoms with Crippen LogP contribution < -0.4 is 5.32 Å². The van der Waals surface area contributed by atoms with Crippen LogP contribution in [0.25, 0.3) is 0 Å². The van der Waals surface area contributed by atoms with Crippen LogP contribution in [0.5, 0.6) is 0 Å². The predicted octanol–water partition coefficient (Wildman–Crippen LogP) is 3.95. The zero-order valence-electron chi connectivity index (χ0n) is 18.0. The normalized spacial score (nSPS) is 11.6. The monoisotopic (exact) mass is 458 g/mol. The van der Waals surface area contributed by atoms with Gasteiger partial charge in [-0.05, 0) is 42.7 Å². The zero-order chi connectivity index (χ0) is 22.6. The van der Waals surface area contributed by atoms with E-state index in [1.165, 1.54) is 17.3 Å². The zero-order valence-corrected chi connectivity index (χ0v) is 19.6. The fraction of sp³-hybridized carbons (Fsp3) is 0.318. The van der Waals surface area contributed by atoms with Crippen molar-refractivity contribution < 1.29 is 13.2 Å². The van der Waals surface area contributed by atoms with E-state index in [0.717, 1.165) is 11.3 Å². The largest absolute Gasteiger partial charge is 0.325 e. The van der Waals surface area contributed by atoms with E-state index in [2.05, 4.69) is 29.4 Å². The van der Waals surface area contributed by atoms with Crippen molar-refractivity contribution in [2.75, 3.05) is 11.1 Å². The summed E-state index contributed by atoms with van der Waals surface area (Å²) in [5.41, 5.74) is 2.93. The van der Waals surface area contributed by atoms with Crippen molar-refractivity contribution in [2.24, 2.45) is 7.05 Å². The highest BCUT2D eigenvalue weighted by Gasteiger charge is 2.20. The first-order valence-corrected chi connectivity index (χ1v) is 12.5. The standard InChI is InChI=1S/C22H26N4O3S2/c1-15(2)17-7-9-18(10-8-17)23-21(27)13-30-22-25-24-20(26(22)4)14-31(28,29)19-11-5-16(3)6-12-19/h5-12,15H,13-14H2,1-4H3,(H,23,27). The average Bonchev–Trinajstić information content (AvgIpc) is 3.06. The number of anilines is 1. The van der Waals surface area contributed by atoms with Crippen molar-refractivity contribution in [3.05, 3.63) is 65.5 Å². The number of carbonyl (C=O) groups is 1. The molecule has 2 aromatic carbocycles. The number of nitrogens with one attached hydrogen (secondary N) is 1. The Kier molecular flexibility index (Phi) is 7.17. The van der Waals surface area contributed by atoms with Gasteiger partial charge in [0.15, 0.2) is 15.0 Å². The summed E-state index contributed by atoms with van der Waals surface area (Å²) >= 11 is 1.21. The van der Waals surface area contributed by atoms with Crippen LogP contribution in [0.15, 0.2) is 58.6 Å². The Hall–Kier alpha value is -2.65. The highest BCUT2D eigenvalue weighted by molar-refractivity contribution is 7.99. The lowest BCUT2D eigenvalue weighted by Crippen LogP contribution is -2.14. The lowest BCUT2D eigenvalue weighted by molar-refractivity contribution is -0.113. The Bertz CT molecular complexity index is 1150. The third-order valence-corrected chi connectivity index (χ3v) is 7.47. The van der Waals surface area contributed by atoms with Crippen LogP contribution in [-0.2, 0) is 27.4 Å². The SMILES string of the molecule is Cc1ccc(S(=O)(=O)Cc2nnc(SCC(=O)Nc3ccc(C(C)C)cc3)n2C)cc1. The quantitative estimate of drug-likeness (QED) is 0.514. The third-order valence-electron chi connectivity index (χ3n) is 4.82. The first-order valence-electron chi connectivity index (χ1n) is 9.86. The molecule has 7 nitrogen and oxygen atoms in total. The van der Waals surface area contributed by atoms with Gasteiger partial charge < -0.3 is 9.88 Å². The fourth-order valence-corrected chi connectivity index (χ4v) is 4.91. The summed E-state index contributed by atoms with van der Waals surface area (Å²) in [6, 6.07) is 14.5. The van der Waals surface area contributed by atoms with Gasteiger partial charge in [0.25, 0.3) is 0 Å². The van der Waals surface area contributed by atoms with Gasteiger partial charge in [-0.25, -0.2) is 8.42 Å². The molecule has 0 radical (unpaired) electrons. The first-order chi connectivity index (χ1) is 14.7. The molecule has 0 fully saturated rings.